The van der Waals surface area contributed by atoms with Crippen LogP contribution in [0.3, 0.4) is 0 Å². The van der Waals surface area contributed by atoms with Crippen LogP contribution in [0.4, 0.5) is 0 Å². The van der Waals surface area contributed by atoms with Gasteiger partial charge in [0.15, 0.2) is 0 Å². The number of aliphatic hydroxyl groups excluding tert-OH is 1. The lowest BCUT2D eigenvalue weighted by atomic mass is 9.49. The third kappa shape index (κ3) is 4.02. The molecule has 0 aromatic carbocycles. The van der Waals surface area contributed by atoms with Crippen LogP contribution in [-0.2, 0) is 23.8 Å². The summed E-state index contributed by atoms with van der Waals surface area (Å²) >= 11 is 0. The summed E-state index contributed by atoms with van der Waals surface area (Å²) in [5.41, 5.74) is 0.929. The van der Waals surface area contributed by atoms with E-state index in [0.717, 1.165) is 38.5 Å². The SMILES string of the molecule is CCCCC(=O)O[C@@H]1CC2=C[C@H](O)C3C(CC[C@@]4(C)C3CC[C@@H]4OC(=O)CC)[C@@]2(C)CO1. The molecule has 8 atom stereocenters. The van der Waals surface area contributed by atoms with Crippen LogP contribution in [0.1, 0.15) is 85.5 Å². The summed E-state index contributed by atoms with van der Waals surface area (Å²) in [7, 11) is 0. The van der Waals surface area contributed by atoms with E-state index in [-0.39, 0.29) is 34.8 Å². The quantitative estimate of drug-likeness (QED) is 0.475. The predicted molar refractivity (Wildman–Crippen MR) is 119 cm³/mol. The van der Waals surface area contributed by atoms with Gasteiger partial charge in [-0.2, -0.15) is 0 Å². The van der Waals surface area contributed by atoms with Gasteiger partial charge in [-0.3, -0.25) is 9.59 Å². The first-order valence-corrected chi connectivity index (χ1v) is 12.6. The van der Waals surface area contributed by atoms with Gasteiger partial charge in [0.1, 0.15) is 6.10 Å². The van der Waals surface area contributed by atoms with E-state index in [2.05, 4.69) is 20.8 Å². The Labute approximate surface area is 192 Å². The maximum atomic E-state index is 12.1. The van der Waals surface area contributed by atoms with Gasteiger partial charge in [0.2, 0.25) is 6.29 Å². The van der Waals surface area contributed by atoms with Crippen molar-refractivity contribution in [2.75, 3.05) is 6.61 Å². The average molecular weight is 449 g/mol. The van der Waals surface area contributed by atoms with Gasteiger partial charge >= 0.3 is 11.9 Å². The second kappa shape index (κ2) is 9.09. The van der Waals surface area contributed by atoms with Crippen LogP contribution in [0.25, 0.3) is 0 Å². The average Bonchev–Trinajstić information content (AvgIpc) is 3.09. The molecule has 1 N–H and O–H groups in total. The van der Waals surface area contributed by atoms with Gasteiger partial charge in [-0.05, 0) is 49.9 Å². The molecule has 4 aliphatic rings. The Kier molecular flexibility index (Phi) is 6.75. The number of fused-ring (bicyclic) bond motifs is 5. The standard InChI is InChI=1S/C26H40O6/c1-5-7-8-22(29)32-23-14-16-13-19(27)24-17-9-10-20(31-21(28)6-2)25(17,3)12-11-18(24)26(16,4)15-30-23/h13,17-20,23-24,27H,5-12,14-15H2,1-4H3/t17?,18?,19-,20-,23+,24?,25-,26-/m0/s1. The molecule has 0 amide bonds. The summed E-state index contributed by atoms with van der Waals surface area (Å²) in [6.45, 7) is 8.91. The van der Waals surface area contributed by atoms with Gasteiger partial charge in [0, 0.05) is 30.1 Å². The van der Waals surface area contributed by atoms with Crippen LogP contribution in [-0.4, -0.2) is 42.1 Å². The minimum atomic E-state index is -0.555. The number of carbonyl (C=O) groups is 2. The Balaban J connectivity index is 1.51. The Morgan fingerprint density at radius 1 is 1.12 bits per heavy atom. The Morgan fingerprint density at radius 2 is 1.91 bits per heavy atom. The molecule has 180 valence electrons. The van der Waals surface area contributed by atoms with E-state index in [1.165, 1.54) is 5.57 Å². The fourth-order valence-corrected chi connectivity index (χ4v) is 7.16. The number of carbonyl (C=O) groups excluding carboxylic acids is 2. The molecule has 6 nitrogen and oxygen atoms in total. The Hall–Kier alpha value is -1.40. The fraction of sp³-hybridized carbons (Fsp3) is 0.846. The van der Waals surface area contributed by atoms with Crippen molar-refractivity contribution in [3.05, 3.63) is 11.6 Å². The van der Waals surface area contributed by atoms with Crippen molar-refractivity contribution in [1.82, 2.24) is 0 Å². The molecule has 1 aliphatic heterocycles. The molecular weight excluding hydrogens is 408 g/mol. The number of rotatable bonds is 6. The van der Waals surface area contributed by atoms with Gasteiger partial charge in [-0.15, -0.1) is 0 Å². The van der Waals surface area contributed by atoms with E-state index < -0.39 is 12.4 Å². The van der Waals surface area contributed by atoms with E-state index in [0.29, 0.717) is 37.7 Å². The van der Waals surface area contributed by atoms with Crippen molar-refractivity contribution in [1.29, 1.82) is 0 Å². The molecule has 1 heterocycles. The number of hydrogen-bond donors (Lipinski definition) is 1. The molecule has 3 fully saturated rings. The number of esters is 2. The molecule has 0 bridgehead atoms. The third-order valence-electron chi connectivity index (χ3n) is 9.08. The van der Waals surface area contributed by atoms with Crippen LogP contribution in [0.2, 0.25) is 0 Å². The van der Waals surface area contributed by atoms with Crippen LogP contribution < -0.4 is 0 Å². The Morgan fingerprint density at radius 3 is 2.62 bits per heavy atom. The molecule has 4 rings (SSSR count). The zero-order valence-corrected chi connectivity index (χ0v) is 20.1. The zero-order valence-electron chi connectivity index (χ0n) is 20.1. The highest BCUT2D eigenvalue weighted by Gasteiger charge is 2.62. The van der Waals surface area contributed by atoms with Gasteiger partial charge < -0.3 is 19.3 Å². The van der Waals surface area contributed by atoms with Crippen molar-refractivity contribution < 1.29 is 28.9 Å². The second-order valence-corrected chi connectivity index (χ2v) is 10.9. The minimum absolute atomic E-state index is 0.0548. The number of hydrogen-bond acceptors (Lipinski definition) is 6. The molecule has 3 unspecified atom stereocenters. The first-order valence-electron chi connectivity index (χ1n) is 12.6. The second-order valence-electron chi connectivity index (χ2n) is 10.9. The zero-order chi connectivity index (χ0) is 23.1. The molecule has 3 aliphatic carbocycles. The van der Waals surface area contributed by atoms with Crippen LogP contribution >= 0.6 is 0 Å². The van der Waals surface area contributed by atoms with Crippen molar-refractivity contribution >= 4 is 11.9 Å². The van der Waals surface area contributed by atoms with Gasteiger partial charge in [0.05, 0.1) is 12.7 Å². The first kappa shape index (κ1) is 23.7. The molecule has 1 saturated heterocycles. The highest BCUT2D eigenvalue weighted by atomic mass is 16.7. The molecule has 0 spiro atoms. The highest BCUT2D eigenvalue weighted by molar-refractivity contribution is 5.69. The lowest BCUT2D eigenvalue weighted by Gasteiger charge is -2.58. The summed E-state index contributed by atoms with van der Waals surface area (Å²) in [4.78, 5) is 24.1. The molecule has 32 heavy (non-hydrogen) atoms. The van der Waals surface area contributed by atoms with E-state index in [4.69, 9.17) is 14.2 Å². The largest absolute Gasteiger partial charge is 0.462 e. The summed E-state index contributed by atoms with van der Waals surface area (Å²) in [5.74, 6) is 0.443. The van der Waals surface area contributed by atoms with Crippen LogP contribution in [0.5, 0.6) is 0 Å². The lowest BCUT2D eigenvalue weighted by molar-refractivity contribution is -0.205. The van der Waals surface area contributed by atoms with Crippen LogP contribution in [0.15, 0.2) is 11.6 Å². The predicted octanol–water partition coefficient (Wildman–Crippen LogP) is 4.54. The van der Waals surface area contributed by atoms with Gasteiger partial charge in [-0.1, -0.05) is 45.8 Å². The third-order valence-corrected chi connectivity index (χ3v) is 9.08. The summed E-state index contributed by atoms with van der Waals surface area (Å²) in [5, 5.41) is 11.3. The molecule has 6 heteroatoms. The summed E-state index contributed by atoms with van der Waals surface area (Å²) in [6.07, 6.45) is 7.85. The normalized spacial score (nSPS) is 42.8. The van der Waals surface area contributed by atoms with E-state index in [1.54, 1.807) is 0 Å². The molecule has 0 radical (unpaired) electrons. The monoisotopic (exact) mass is 448 g/mol. The van der Waals surface area contributed by atoms with E-state index in [1.807, 2.05) is 13.0 Å². The number of unbranched alkanes of at least 4 members (excludes halogenated alkanes) is 1. The van der Waals surface area contributed by atoms with Crippen molar-refractivity contribution in [2.24, 2.45) is 28.6 Å². The highest BCUT2D eigenvalue weighted by Crippen LogP contribution is 2.64. The van der Waals surface area contributed by atoms with Crippen molar-refractivity contribution in [2.45, 2.75) is 104 Å². The van der Waals surface area contributed by atoms with Crippen molar-refractivity contribution in [3.8, 4) is 0 Å². The smallest absolute Gasteiger partial charge is 0.308 e. The summed E-state index contributed by atoms with van der Waals surface area (Å²) in [6, 6.07) is 0. The molecule has 2 saturated carbocycles. The fourth-order valence-electron chi connectivity index (χ4n) is 7.16. The first-order chi connectivity index (χ1) is 15.2. The van der Waals surface area contributed by atoms with Crippen LogP contribution in [0, 0.1) is 28.6 Å². The van der Waals surface area contributed by atoms with Crippen molar-refractivity contribution in [3.63, 3.8) is 0 Å². The number of ether oxygens (including phenoxy) is 3. The molecule has 0 aromatic heterocycles. The number of aliphatic hydroxyl groups is 1. The van der Waals surface area contributed by atoms with E-state index >= 15 is 0 Å². The van der Waals surface area contributed by atoms with E-state index in [9.17, 15) is 14.7 Å². The topological polar surface area (TPSA) is 82.1 Å². The maximum absolute atomic E-state index is 12.1. The molecular formula is C26H40O6. The maximum Gasteiger partial charge on any atom is 0.308 e. The summed E-state index contributed by atoms with van der Waals surface area (Å²) < 4.78 is 17.5. The lowest BCUT2D eigenvalue weighted by Crippen LogP contribution is -2.57. The van der Waals surface area contributed by atoms with Gasteiger partial charge in [-0.25, -0.2) is 0 Å². The minimum Gasteiger partial charge on any atom is -0.462 e. The van der Waals surface area contributed by atoms with Gasteiger partial charge in [0.25, 0.3) is 0 Å². The Bertz CT molecular complexity index is 761. The molecule has 0 aromatic rings.